The van der Waals surface area contributed by atoms with E-state index in [0.717, 1.165) is 11.3 Å². The molecule has 1 N–H and O–H groups in total. The van der Waals surface area contributed by atoms with Gasteiger partial charge in [0, 0.05) is 6.20 Å². The van der Waals surface area contributed by atoms with Crippen LogP contribution in [0.2, 0.25) is 0 Å². The number of carbonyl (C=O) groups is 1. The first kappa shape index (κ1) is 14.8. The predicted octanol–water partition coefficient (Wildman–Crippen LogP) is 1.72. The van der Waals surface area contributed by atoms with Gasteiger partial charge in [-0.05, 0) is 39.7 Å². The molecule has 0 spiro atoms. The summed E-state index contributed by atoms with van der Waals surface area (Å²) >= 11 is 3.36. The third-order valence-electron chi connectivity index (χ3n) is 2.67. The lowest BCUT2D eigenvalue weighted by molar-refractivity contribution is -0.187. The van der Waals surface area contributed by atoms with Crippen molar-refractivity contribution in [2.24, 2.45) is 0 Å². The molecule has 1 atom stereocenters. The quantitative estimate of drug-likeness (QED) is 0.464. The smallest absolute Gasteiger partial charge is 0.233 e. The highest BCUT2D eigenvalue weighted by molar-refractivity contribution is 9.10. The summed E-state index contributed by atoms with van der Waals surface area (Å²) in [7, 11) is 1.61. The van der Waals surface area contributed by atoms with Gasteiger partial charge in [-0.3, -0.25) is 19.9 Å². The molecule has 1 heterocycles. The molecule has 6 nitrogen and oxygen atoms in total. The van der Waals surface area contributed by atoms with Crippen molar-refractivity contribution in [2.75, 3.05) is 13.7 Å². The van der Waals surface area contributed by atoms with E-state index in [4.69, 9.17) is 14.4 Å². The number of alkyl halides is 1. The molecule has 1 aliphatic heterocycles. The fourth-order valence-electron chi connectivity index (χ4n) is 1.61. The zero-order chi connectivity index (χ0) is 14.4. The third-order valence-corrected chi connectivity index (χ3v) is 3.35. The van der Waals surface area contributed by atoms with E-state index in [1.165, 1.54) is 5.06 Å². The van der Waals surface area contributed by atoms with Crippen LogP contribution in [0.1, 0.15) is 5.56 Å². The van der Waals surface area contributed by atoms with Gasteiger partial charge in [0.2, 0.25) is 6.41 Å². The number of hydrogen-bond acceptors (Lipinski definition) is 5. The standard InChI is InChI=1S/C13H15BrN2O4/c1-18-12-4-2-11(3-5-12)8-19-16(10-17)9-13(14)6-7-15-20-13/h2-7,10,15H,8-9H2,1H3. The zero-order valence-corrected chi connectivity index (χ0v) is 12.5. The summed E-state index contributed by atoms with van der Waals surface area (Å²) in [5, 5.41) is 1.18. The van der Waals surface area contributed by atoms with Gasteiger partial charge in [-0.15, -0.1) is 0 Å². The number of nitrogens with one attached hydrogen (secondary N) is 1. The van der Waals surface area contributed by atoms with Crippen LogP contribution < -0.4 is 10.2 Å². The van der Waals surface area contributed by atoms with Crippen molar-refractivity contribution in [3.05, 3.63) is 42.1 Å². The molecule has 108 valence electrons. The van der Waals surface area contributed by atoms with Gasteiger partial charge in [-0.1, -0.05) is 12.1 Å². The highest BCUT2D eigenvalue weighted by atomic mass is 79.9. The number of nitrogens with zero attached hydrogens (tertiary/aromatic N) is 1. The Morgan fingerprint density at radius 1 is 1.45 bits per heavy atom. The number of halogens is 1. The Bertz CT molecular complexity index is 480. The number of hydrogen-bond donors (Lipinski definition) is 1. The lowest BCUT2D eigenvalue weighted by Gasteiger charge is -2.24. The molecule has 0 aliphatic carbocycles. The van der Waals surface area contributed by atoms with Crippen LogP contribution in [0.4, 0.5) is 0 Å². The summed E-state index contributed by atoms with van der Waals surface area (Å²) in [6, 6.07) is 7.42. The van der Waals surface area contributed by atoms with Gasteiger partial charge in [0.1, 0.15) is 12.4 Å². The first-order valence-corrected chi connectivity index (χ1v) is 6.72. The van der Waals surface area contributed by atoms with Gasteiger partial charge in [0.15, 0.2) is 4.51 Å². The summed E-state index contributed by atoms with van der Waals surface area (Å²) in [5.74, 6) is 0.774. The molecule has 0 saturated carbocycles. The predicted molar refractivity (Wildman–Crippen MR) is 75.6 cm³/mol. The Morgan fingerprint density at radius 3 is 2.75 bits per heavy atom. The molecule has 0 aromatic heterocycles. The lowest BCUT2D eigenvalue weighted by atomic mass is 10.2. The van der Waals surface area contributed by atoms with E-state index in [0.29, 0.717) is 6.41 Å². The fourth-order valence-corrected chi connectivity index (χ4v) is 2.09. The van der Waals surface area contributed by atoms with Crippen LogP contribution in [-0.4, -0.2) is 29.6 Å². The van der Waals surface area contributed by atoms with Gasteiger partial charge in [-0.25, -0.2) is 5.06 Å². The average molecular weight is 343 g/mol. The maximum Gasteiger partial charge on any atom is 0.233 e. The van der Waals surface area contributed by atoms with Gasteiger partial charge in [-0.2, -0.15) is 0 Å². The third kappa shape index (κ3) is 3.96. The van der Waals surface area contributed by atoms with Crippen molar-refractivity contribution in [3.63, 3.8) is 0 Å². The normalized spacial score (nSPS) is 20.5. The molecule has 1 unspecified atom stereocenters. The van der Waals surface area contributed by atoms with E-state index in [2.05, 4.69) is 21.4 Å². The lowest BCUT2D eigenvalue weighted by Crippen LogP contribution is -2.38. The number of ether oxygens (including phenoxy) is 1. The Labute approximate surface area is 125 Å². The molecule has 20 heavy (non-hydrogen) atoms. The van der Waals surface area contributed by atoms with Crippen LogP contribution in [-0.2, 0) is 21.1 Å². The first-order chi connectivity index (χ1) is 9.65. The highest BCUT2D eigenvalue weighted by Crippen LogP contribution is 2.25. The Kier molecular flexibility index (Phi) is 4.99. The Balaban J connectivity index is 1.86. The van der Waals surface area contributed by atoms with Gasteiger partial charge in [0.25, 0.3) is 0 Å². The molecule has 1 amide bonds. The second kappa shape index (κ2) is 6.74. The average Bonchev–Trinajstić information content (AvgIpc) is 2.90. The Morgan fingerprint density at radius 2 is 2.20 bits per heavy atom. The molecule has 1 aliphatic rings. The molecule has 2 rings (SSSR count). The number of carbonyl (C=O) groups excluding carboxylic acids is 1. The van der Waals surface area contributed by atoms with E-state index in [-0.39, 0.29) is 13.2 Å². The summed E-state index contributed by atoms with van der Waals surface area (Å²) < 4.78 is 4.30. The van der Waals surface area contributed by atoms with Crippen molar-refractivity contribution >= 4 is 22.3 Å². The van der Waals surface area contributed by atoms with Crippen LogP contribution in [0.15, 0.2) is 36.5 Å². The summed E-state index contributed by atoms with van der Waals surface area (Å²) in [4.78, 5) is 21.7. The number of hydroxylamine groups is 3. The van der Waals surface area contributed by atoms with E-state index < -0.39 is 4.51 Å². The van der Waals surface area contributed by atoms with E-state index >= 15 is 0 Å². The number of benzene rings is 1. The van der Waals surface area contributed by atoms with E-state index in [1.54, 1.807) is 19.4 Å². The van der Waals surface area contributed by atoms with Crippen LogP contribution in [0, 0.1) is 0 Å². The minimum absolute atomic E-state index is 0.218. The largest absolute Gasteiger partial charge is 0.497 e. The van der Waals surface area contributed by atoms with Crippen molar-refractivity contribution in [1.29, 1.82) is 0 Å². The van der Waals surface area contributed by atoms with Crippen molar-refractivity contribution < 1.29 is 19.2 Å². The van der Waals surface area contributed by atoms with Crippen LogP contribution in [0.25, 0.3) is 0 Å². The van der Waals surface area contributed by atoms with Gasteiger partial charge in [0.05, 0.1) is 13.7 Å². The SMILES string of the molecule is COc1ccc(CON(C=O)CC2(Br)C=CNO2)cc1. The summed E-state index contributed by atoms with van der Waals surface area (Å²) in [5.41, 5.74) is 3.52. The van der Waals surface area contributed by atoms with Crippen LogP contribution in [0.5, 0.6) is 5.75 Å². The molecular formula is C13H15BrN2O4. The number of rotatable bonds is 7. The molecular weight excluding hydrogens is 328 g/mol. The summed E-state index contributed by atoms with van der Waals surface area (Å²) in [6.45, 7) is 0.499. The minimum atomic E-state index is -0.770. The van der Waals surface area contributed by atoms with Crippen molar-refractivity contribution in [1.82, 2.24) is 10.5 Å². The monoisotopic (exact) mass is 342 g/mol. The van der Waals surface area contributed by atoms with Gasteiger partial charge >= 0.3 is 0 Å². The molecule has 0 fully saturated rings. The molecule has 0 bridgehead atoms. The van der Waals surface area contributed by atoms with Crippen molar-refractivity contribution in [3.8, 4) is 5.75 Å². The molecule has 1 aromatic carbocycles. The molecule has 1 aromatic rings. The second-order valence-corrected chi connectivity index (χ2v) is 5.48. The number of amides is 1. The van der Waals surface area contributed by atoms with Crippen LogP contribution in [0.3, 0.4) is 0 Å². The maximum atomic E-state index is 11.0. The van der Waals surface area contributed by atoms with E-state index in [9.17, 15) is 4.79 Å². The second-order valence-electron chi connectivity index (χ2n) is 4.14. The fraction of sp³-hybridized carbons (Fsp3) is 0.308. The Hall–Kier alpha value is -1.57. The summed E-state index contributed by atoms with van der Waals surface area (Å²) in [6.07, 6.45) is 4.00. The molecule has 7 heteroatoms. The molecule has 0 saturated heterocycles. The highest BCUT2D eigenvalue weighted by Gasteiger charge is 2.31. The van der Waals surface area contributed by atoms with E-state index in [1.807, 2.05) is 24.3 Å². The van der Waals surface area contributed by atoms with Crippen LogP contribution >= 0.6 is 15.9 Å². The molecule has 0 radical (unpaired) electrons. The van der Waals surface area contributed by atoms with Gasteiger partial charge < -0.3 is 4.74 Å². The topological polar surface area (TPSA) is 60.0 Å². The first-order valence-electron chi connectivity index (χ1n) is 5.93. The number of methoxy groups -OCH3 is 1. The maximum absolute atomic E-state index is 11.0. The minimum Gasteiger partial charge on any atom is -0.497 e. The van der Waals surface area contributed by atoms with Crippen molar-refractivity contribution in [2.45, 2.75) is 11.1 Å². The zero-order valence-electron chi connectivity index (χ0n) is 10.9.